The molecule has 1 unspecified atom stereocenters. The minimum absolute atomic E-state index is 0.118. The fourth-order valence-electron chi connectivity index (χ4n) is 4.93. The van der Waals surface area contributed by atoms with Gasteiger partial charge in [-0.3, -0.25) is 24.2 Å². The summed E-state index contributed by atoms with van der Waals surface area (Å²) in [6.45, 7) is 3.39. The molecule has 5 rings (SSSR count). The average molecular weight is 530 g/mol. The van der Waals surface area contributed by atoms with Crippen LogP contribution in [0.4, 0.5) is 10.1 Å². The standard InChI is InChI=1S/C30H28FN3O5/c31-24-10-6-22(7-11-24)27(35)20-39-30(38)23-8-12-25(13-9-23)34-28(36)18-26(29(34)37)33-16-14-32(15-17-33)19-21-4-2-1-3-5-21/h1-13,26H,14-20H2. The van der Waals surface area contributed by atoms with E-state index in [1.165, 1.54) is 46.9 Å². The van der Waals surface area contributed by atoms with Gasteiger partial charge in [0.05, 0.1) is 23.7 Å². The summed E-state index contributed by atoms with van der Waals surface area (Å²) in [5.41, 5.74) is 2.04. The smallest absolute Gasteiger partial charge is 0.338 e. The Hall–Kier alpha value is -4.21. The average Bonchev–Trinajstić information content (AvgIpc) is 3.26. The van der Waals surface area contributed by atoms with Gasteiger partial charge in [-0.2, -0.15) is 0 Å². The maximum absolute atomic E-state index is 13.2. The second-order valence-corrected chi connectivity index (χ2v) is 9.64. The summed E-state index contributed by atoms with van der Waals surface area (Å²) in [7, 11) is 0. The number of esters is 1. The van der Waals surface area contributed by atoms with E-state index in [1.807, 2.05) is 18.2 Å². The highest BCUT2D eigenvalue weighted by Gasteiger charge is 2.43. The lowest BCUT2D eigenvalue weighted by Crippen LogP contribution is -2.52. The van der Waals surface area contributed by atoms with Gasteiger partial charge in [0.25, 0.3) is 5.91 Å². The van der Waals surface area contributed by atoms with Crippen LogP contribution in [-0.4, -0.2) is 72.2 Å². The molecule has 3 aromatic rings. The Morgan fingerprint density at radius 1 is 0.821 bits per heavy atom. The quantitative estimate of drug-likeness (QED) is 0.251. The highest BCUT2D eigenvalue weighted by atomic mass is 19.1. The van der Waals surface area contributed by atoms with Crippen molar-refractivity contribution >= 4 is 29.3 Å². The summed E-state index contributed by atoms with van der Waals surface area (Å²) >= 11 is 0. The number of hydrogen-bond donors (Lipinski definition) is 0. The second kappa shape index (κ2) is 11.7. The van der Waals surface area contributed by atoms with Crippen molar-refractivity contribution in [2.24, 2.45) is 0 Å². The molecule has 2 heterocycles. The van der Waals surface area contributed by atoms with Crippen LogP contribution in [0.5, 0.6) is 0 Å². The van der Waals surface area contributed by atoms with Gasteiger partial charge in [0.2, 0.25) is 5.91 Å². The molecule has 2 aliphatic heterocycles. The lowest BCUT2D eigenvalue weighted by molar-refractivity contribution is -0.123. The number of halogens is 1. The number of benzene rings is 3. The van der Waals surface area contributed by atoms with Gasteiger partial charge in [-0.05, 0) is 54.1 Å². The third-order valence-corrected chi connectivity index (χ3v) is 7.08. The number of ketones is 1. The lowest BCUT2D eigenvalue weighted by Gasteiger charge is -2.37. The monoisotopic (exact) mass is 529 g/mol. The highest BCUT2D eigenvalue weighted by molar-refractivity contribution is 6.22. The SMILES string of the molecule is O=C(COC(=O)c1ccc(N2C(=O)CC(N3CCN(Cc4ccccc4)CC3)C2=O)cc1)c1ccc(F)cc1. The maximum atomic E-state index is 13.2. The molecule has 200 valence electrons. The van der Waals surface area contributed by atoms with Gasteiger partial charge in [0, 0.05) is 38.3 Å². The van der Waals surface area contributed by atoms with Crippen LogP contribution in [0.1, 0.15) is 32.7 Å². The van der Waals surface area contributed by atoms with Crippen LogP contribution in [0.25, 0.3) is 0 Å². The van der Waals surface area contributed by atoms with Crippen molar-refractivity contribution in [3.05, 3.63) is 101 Å². The number of nitrogens with zero attached hydrogens (tertiary/aromatic N) is 3. The number of imide groups is 1. The zero-order valence-electron chi connectivity index (χ0n) is 21.3. The van der Waals surface area contributed by atoms with E-state index in [0.717, 1.165) is 31.8 Å². The predicted molar refractivity (Wildman–Crippen MR) is 142 cm³/mol. The van der Waals surface area contributed by atoms with Crippen molar-refractivity contribution in [3.63, 3.8) is 0 Å². The third kappa shape index (κ3) is 6.10. The van der Waals surface area contributed by atoms with Crippen molar-refractivity contribution < 1.29 is 28.3 Å². The van der Waals surface area contributed by atoms with Crippen LogP contribution >= 0.6 is 0 Å². The van der Waals surface area contributed by atoms with E-state index >= 15 is 0 Å². The lowest BCUT2D eigenvalue weighted by atomic mass is 10.1. The predicted octanol–water partition coefficient (Wildman–Crippen LogP) is 3.32. The Labute approximate surface area is 225 Å². The van der Waals surface area contributed by atoms with Crippen molar-refractivity contribution in [2.45, 2.75) is 19.0 Å². The number of Topliss-reactive ketones (excluding diaryl/α,β-unsaturated/α-hetero) is 1. The fraction of sp³-hybridized carbons (Fsp3) is 0.267. The molecule has 0 radical (unpaired) electrons. The molecule has 0 aromatic heterocycles. The van der Waals surface area contributed by atoms with E-state index in [-0.39, 0.29) is 29.4 Å². The molecule has 1 atom stereocenters. The first kappa shape index (κ1) is 26.4. The van der Waals surface area contributed by atoms with Crippen LogP contribution < -0.4 is 4.90 Å². The zero-order chi connectivity index (χ0) is 27.4. The van der Waals surface area contributed by atoms with Gasteiger partial charge >= 0.3 is 5.97 Å². The molecule has 9 heteroatoms. The molecule has 0 saturated carbocycles. The van der Waals surface area contributed by atoms with Crippen molar-refractivity contribution in [1.82, 2.24) is 9.80 Å². The largest absolute Gasteiger partial charge is 0.454 e. The minimum atomic E-state index is -0.720. The van der Waals surface area contributed by atoms with Gasteiger partial charge in [-0.25, -0.2) is 14.1 Å². The molecule has 0 aliphatic carbocycles. The second-order valence-electron chi connectivity index (χ2n) is 9.64. The van der Waals surface area contributed by atoms with Gasteiger partial charge in [-0.15, -0.1) is 0 Å². The molecule has 2 saturated heterocycles. The van der Waals surface area contributed by atoms with E-state index in [4.69, 9.17) is 4.74 Å². The number of carbonyl (C=O) groups excluding carboxylic acids is 4. The number of carbonyl (C=O) groups is 4. The van der Waals surface area contributed by atoms with Crippen LogP contribution in [0, 0.1) is 5.82 Å². The molecule has 3 aromatic carbocycles. The van der Waals surface area contributed by atoms with Crippen LogP contribution in [0.15, 0.2) is 78.9 Å². The molecular formula is C30H28FN3O5. The van der Waals surface area contributed by atoms with Crippen LogP contribution in [0.2, 0.25) is 0 Å². The molecular weight excluding hydrogens is 501 g/mol. The Morgan fingerprint density at radius 2 is 1.46 bits per heavy atom. The molecule has 0 bridgehead atoms. The summed E-state index contributed by atoms with van der Waals surface area (Å²) in [4.78, 5) is 56.2. The summed E-state index contributed by atoms with van der Waals surface area (Å²) in [6, 6.07) is 20.7. The zero-order valence-corrected chi connectivity index (χ0v) is 21.3. The van der Waals surface area contributed by atoms with E-state index in [2.05, 4.69) is 21.9 Å². The fourth-order valence-corrected chi connectivity index (χ4v) is 4.93. The number of rotatable bonds is 8. The van der Waals surface area contributed by atoms with Gasteiger partial charge < -0.3 is 4.74 Å². The van der Waals surface area contributed by atoms with Crippen LogP contribution in [-0.2, 0) is 20.9 Å². The molecule has 2 aliphatic rings. The van der Waals surface area contributed by atoms with E-state index < -0.39 is 30.2 Å². The Kier molecular flexibility index (Phi) is 7.90. The number of anilines is 1. The highest BCUT2D eigenvalue weighted by Crippen LogP contribution is 2.27. The van der Waals surface area contributed by atoms with Gasteiger partial charge in [0.15, 0.2) is 12.4 Å². The summed E-state index contributed by atoms with van der Waals surface area (Å²) in [5, 5.41) is 0. The molecule has 2 amide bonds. The normalized spacial score (nSPS) is 18.4. The van der Waals surface area contributed by atoms with E-state index in [9.17, 15) is 23.6 Å². The number of piperazine rings is 1. The van der Waals surface area contributed by atoms with Crippen molar-refractivity contribution in [2.75, 3.05) is 37.7 Å². The molecule has 39 heavy (non-hydrogen) atoms. The van der Waals surface area contributed by atoms with E-state index in [1.54, 1.807) is 0 Å². The molecule has 0 spiro atoms. The first-order valence-electron chi connectivity index (χ1n) is 12.8. The first-order valence-corrected chi connectivity index (χ1v) is 12.8. The number of ether oxygens (including phenoxy) is 1. The number of amides is 2. The Bertz CT molecular complexity index is 1350. The summed E-state index contributed by atoms with van der Waals surface area (Å²) in [5.74, 6) is -2.19. The van der Waals surface area contributed by atoms with Crippen molar-refractivity contribution in [1.29, 1.82) is 0 Å². The van der Waals surface area contributed by atoms with Crippen molar-refractivity contribution in [3.8, 4) is 0 Å². The molecule has 2 fully saturated rings. The summed E-state index contributed by atoms with van der Waals surface area (Å²) in [6.07, 6.45) is 0.118. The Balaban J connectivity index is 1.15. The maximum Gasteiger partial charge on any atom is 0.338 e. The number of hydrogen-bond acceptors (Lipinski definition) is 7. The van der Waals surface area contributed by atoms with E-state index in [0.29, 0.717) is 18.8 Å². The Morgan fingerprint density at radius 3 is 2.13 bits per heavy atom. The van der Waals surface area contributed by atoms with Gasteiger partial charge in [0.1, 0.15) is 5.82 Å². The third-order valence-electron chi connectivity index (χ3n) is 7.08. The van der Waals surface area contributed by atoms with Gasteiger partial charge in [-0.1, -0.05) is 30.3 Å². The first-order chi connectivity index (χ1) is 18.9. The van der Waals surface area contributed by atoms with Crippen LogP contribution in [0.3, 0.4) is 0 Å². The topological polar surface area (TPSA) is 87.2 Å². The molecule has 0 N–H and O–H groups in total. The summed E-state index contributed by atoms with van der Waals surface area (Å²) < 4.78 is 18.1. The minimum Gasteiger partial charge on any atom is -0.454 e. The molecule has 8 nitrogen and oxygen atoms in total.